The zero-order chi connectivity index (χ0) is 26.1. The number of amides is 2. The zero-order valence-corrected chi connectivity index (χ0v) is 22.1. The Labute approximate surface area is 225 Å². The van der Waals surface area contributed by atoms with Crippen LogP contribution in [0.25, 0.3) is 0 Å². The number of carbonyl (C=O) groups excluding carboxylic acids is 2. The molecule has 0 fully saturated rings. The molecule has 3 aromatic rings. The number of nitrogens with one attached hydrogen (secondary N) is 2. The van der Waals surface area contributed by atoms with Crippen molar-refractivity contribution in [1.29, 1.82) is 0 Å². The van der Waals surface area contributed by atoms with Crippen molar-refractivity contribution >= 4 is 52.8 Å². The summed E-state index contributed by atoms with van der Waals surface area (Å²) >= 11 is 18.1. The van der Waals surface area contributed by atoms with Crippen molar-refractivity contribution in [3.63, 3.8) is 0 Å². The molecule has 3 aromatic carbocycles. The molecule has 188 valence electrons. The van der Waals surface area contributed by atoms with E-state index in [1.165, 1.54) is 6.21 Å². The molecule has 1 unspecified atom stereocenters. The summed E-state index contributed by atoms with van der Waals surface area (Å²) in [5.41, 5.74) is 4.40. The minimum atomic E-state index is -0.775. The molecule has 3 rings (SSSR count). The third kappa shape index (κ3) is 8.55. The van der Waals surface area contributed by atoms with Crippen LogP contribution in [0.15, 0.2) is 71.8 Å². The van der Waals surface area contributed by atoms with Crippen LogP contribution in [0.3, 0.4) is 0 Å². The first-order chi connectivity index (χ1) is 17.2. The summed E-state index contributed by atoms with van der Waals surface area (Å²) in [6.07, 6.45) is 1.89. The smallest absolute Gasteiger partial charge is 0.262 e. The molecule has 6 nitrogen and oxygen atoms in total. The summed E-state index contributed by atoms with van der Waals surface area (Å²) in [5.74, 6) is -0.115. The van der Waals surface area contributed by atoms with E-state index in [-0.39, 0.29) is 11.8 Å². The van der Waals surface area contributed by atoms with Crippen LogP contribution < -0.4 is 15.5 Å². The van der Waals surface area contributed by atoms with Crippen LogP contribution in [0.1, 0.15) is 41.8 Å². The molecule has 0 aliphatic heterocycles. The summed E-state index contributed by atoms with van der Waals surface area (Å²) in [7, 11) is 0. The SMILES string of the molecule is CC(C)CC(NC(=O)c1ccc(Cl)cc1)C(=O)NN=Cc1cc(Cl)ccc1OCc1cccc(Cl)c1. The number of hydrogen-bond donors (Lipinski definition) is 2. The molecule has 0 bridgehead atoms. The predicted octanol–water partition coefficient (Wildman–Crippen LogP) is 6.52. The maximum absolute atomic E-state index is 12.9. The van der Waals surface area contributed by atoms with Gasteiger partial charge in [0.2, 0.25) is 0 Å². The minimum absolute atomic E-state index is 0.162. The van der Waals surface area contributed by atoms with E-state index < -0.39 is 11.9 Å². The Kier molecular flexibility index (Phi) is 10.2. The lowest BCUT2D eigenvalue weighted by Gasteiger charge is -2.19. The second-order valence-corrected chi connectivity index (χ2v) is 9.81. The van der Waals surface area contributed by atoms with E-state index >= 15 is 0 Å². The molecule has 0 radical (unpaired) electrons. The monoisotopic (exact) mass is 545 g/mol. The zero-order valence-electron chi connectivity index (χ0n) is 19.8. The fourth-order valence-corrected chi connectivity index (χ4v) is 3.85. The topological polar surface area (TPSA) is 79.8 Å². The van der Waals surface area contributed by atoms with E-state index in [0.29, 0.717) is 45.0 Å². The van der Waals surface area contributed by atoms with Crippen LogP contribution >= 0.6 is 34.8 Å². The third-order valence-corrected chi connectivity index (χ3v) is 5.79. The number of hydrogen-bond acceptors (Lipinski definition) is 4. The van der Waals surface area contributed by atoms with Gasteiger partial charge in [0.15, 0.2) is 0 Å². The van der Waals surface area contributed by atoms with Crippen LogP contribution in [-0.2, 0) is 11.4 Å². The fourth-order valence-electron chi connectivity index (χ4n) is 3.33. The first-order valence-corrected chi connectivity index (χ1v) is 12.4. The molecule has 2 amide bonds. The van der Waals surface area contributed by atoms with Crippen LogP contribution in [0.5, 0.6) is 5.75 Å². The van der Waals surface area contributed by atoms with Crippen molar-refractivity contribution < 1.29 is 14.3 Å². The molecular weight excluding hydrogens is 521 g/mol. The predicted molar refractivity (Wildman–Crippen MR) is 145 cm³/mol. The van der Waals surface area contributed by atoms with Crippen molar-refractivity contribution in [2.24, 2.45) is 11.0 Å². The van der Waals surface area contributed by atoms with Gasteiger partial charge in [-0.05, 0) is 72.5 Å². The van der Waals surface area contributed by atoms with Crippen molar-refractivity contribution in [2.75, 3.05) is 0 Å². The van der Waals surface area contributed by atoms with Crippen LogP contribution in [0.4, 0.5) is 0 Å². The van der Waals surface area contributed by atoms with Gasteiger partial charge < -0.3 is 10.1 Å². The molecule has 9 heteroatoms. The van der Waals surface area contributed by atoms with Crippen molar-refractivity contribution in [3.05, 3.63) is 98.5 Å². The normalized spacial score (nSPS) is 11.9. The average molecular weight is 547 g/mol. The summed E-state index contributed by atoms with van der Waals surface area (Å²) in [6.45, 7) is 4.23. The van der Waals surface area contributed by atoms with Gasteiger partial charge in [-0.2, -0.15) is 5.10 Å². The molecule has 1 atom stereocenters. The Morgan fingerprint density at radius 2 is 1.64 bits per heavy atom. The first-order valence-electron chi connectivity index (χ1n) is 11.3. The van der Waals surface area contributed by atoms with Gasteiger partial charge in [0.1, 0.15) is 18.4 Å². The Bertz CT molecular complexity index is 1230. The molecule has 0 aliphatic carbocycles. The Balaban J connectivity index is 1.67. The highest BCUT2D eigenvalue weighted by Gasteiger charge is 2.22. The maximum atomic E-state index is 12.9. The van der Waals surface area contributed by atoms with Crippen molar-refractivity contribution in [2.45, 2.75) is 32.9 Å². The van der Waals surface area contributed by atoms with Gasteiger partial charge in [-0.3, -0.25) is 9.59 Å². The quantitative estimate of drug-likeness (QED) is 0.224. The van der Waals surface area contributed by atoms with E-state index in [1.807, 2.05) is 32.0 Å². The Morgan fingerprint density at radius 1 is 0.944 bits per heavy atom. The molecular formula is C27H26Cl3N3O3. The lowest BCUT2D eigenvalue weighted by molar-refractivity contribution is -0.123. The van der Waals surface area contributed by atoms with Crippen molar-refractivity contribution in [1.82, 2.24) is 10.7 Å². The molecule has 0 saturated carbocycles. The molecule has 0 heterocycles. The van der Waals surface area contributed by atoms with Gasteiger partial charge >= 0.3 is 0 Å². The van der Waals surface area contributed by atoms with Gasteiger partial charge in [0, 0.05) is 26.2 Å². The number of hydrazone groups is 1. The van der Waals surface area contributed by atoms with Gasteiger partial charge in [-0.25, -0.2) is 5.43 Å². The highest BCUT2D eigenvalue weighted by molar-refractivity contribution is 6.31. The standard InChI is InChI=1S/C27H26Cl3N3O3/c1-17(2)12-24(32-26(34)19-6-8-21(28)9-7-19)27(35)33-31-15-20-14-23(30)10-11-25(20)36-16-18-4-3-5-22(29)13-18/h3-11,13-15,17,24H,12,16H2,1-2H3,(H,32,34)(H,33,35). The van der Waals surface area contributed by atoms with Gasteiger partial charge in [-0.15, -0.1) is 0 Å². The van der Waals surface area contributed by atoms with Crippen LogP contribution in [-0.4, -0.2) is 24.1 Å². The van der Waals surface area contributed by atoms with Crippen molar-refractivity contribution in [3.8, 4) is 5.75 Å². The van der Waals surface area contributed by atoms with Crippen LogP contribution in [0, 0.1) is 5.92 Å². The van der Waals surface area contributed by atoms with Crippen LogP contribution in [0.2, 0.25) is 15.1 Å². The summed E-state index contributed by atoms with van der Waals surface area (Å²) in [4.78, 5) is 25.5. The summed E-state index contributed by atoms with van der Waals surface area (Å²) in [6, 6.07) is 18.1. The number of halogens is 3. The molecule has 0 spiro atoms. The lowest BCUT2D eigenvalue weighted by atomic mass is 10.0. The highest BCUT2D eigenvalue weighted by atomic mass is 35.5. The number of ether oxygens (including phenoxy) is 1. The largest absolute Gasteiger partial charge is 0.488 e. The average Bonchev–Trinajstić information content (AvgIpc) is 2.83. The van der Waals surface area contributed by atoms with E-state index in [1.54, 1.807) is 48.5 Å². The molecule has 2 N–H and O–H groups in total. The number of nitrogens with zero attached hydrogens (tertiary/aromatic N) is 1. The summed E-state index contributed by atoms with van der Waals surface area (Å²) in [5, 5.41) is 8.49. The van der Waals surface area contributed by atoms with E-state index in [2.05, 4.69) is 15.8 Å². The highest BCUT2D eigenvalue weighted by Crippen LogP contribution is 2.23. The Morgan fingerprint density at radius 3 is 2.33 bits per heavy atom. The molecule has 0 aliphatic rings. The second kappa shape index (κ2) is 13.3. The summed E-state index contributed by atoms with van der Waals surface area (Å²) < 4.78 is 5.91. The van der Waals surface area contributed by atoms with E-state index in [9.17, 15) is 9.59 Å². The number of benzene rings is 3. The number of rotatable bonds is 10. The van der Waals surface area contributed by atoms with Gasteiger partial charge in [0.05, 0.1) is 6.21 Å². The van der Waals surface area contributed by atoms with E-state index in [4.69, 9.17) is 39.5 Å². The molecule has 0 aromatic heterocycles. The maximum Gasteiger partial charge on any atom is 0.262 e. The van der Waals surface area contributed by atoms with Gasteiger partial charge in [0.25, 0.3) is 11.8 Å². The fraction of sp³-hybridized carbons (Fsp3) is 0.222. The first kappa shape index (κ1) is 27.5. The molecule has 36 heavy (non-hydrogen) atoms. The molecule has 0 saturated heterocycles. The minimum Gasteiger partial charge on any atom is -0.488 e. The third-order valence-electron chi connectivity index (χ3n) is 5.07. The Hall–Kier alpha value is -3.06. The van der Waals surface area contributed by atoms with Gasteiger partial charge in [-0.1, -0.05) is 60.8 Å². The second-order valence-electron chi connectivity index (χ2n) is 8.50. The lowest BCUT2D eigenvalue weighted by Crippen LogP contribution is -2.46. The number of carbonyl (C=O) groups is 2. The van der Waals surface area contributed by atoms with E-state index in [0.717, 1.165) is 5.56 Å².